The minimum Gasteiger partial charge on any atom is -0.312 e. The molecule has 0 aromatic heterocycles. The molecule has 1 nitrogen and oxygen atoms in total. The average Bonchev–Trinajstić information content (AvgIpc) is 2.69. The van der Waals surface area contributed by atoms with Crippen LogP contribution in [0, 0.1) is 5.92 Å². The third-order valence-electron chi connectivity index (χ3n) is 2.79. The van der Waals surface area contributed by atoms with Crippen molar-refractivity contribution in [2.24, 2.45) is 5.92 Å². The quantitative estimate of drug-likeness (QED) is 0.632. The lowest BCUT2D eigenvalue weighted by Crippen LogP contribution is -2.43. The number of nitrogens with one attached hydrogen (secondary N) is 1. The van der Waals surface area contributed by atoms with Crippen LogP contribution < -0.4 is 5.32 Å². The van der Waals surface area contributed by atoms with Crippen LogP contribution in [0.5, 0.6) is 0 Å². The Morgan fingerprint density at radius 3 is 2.30 bits per heavy atom. The van der Waals surface area contributed by atoms with Gasteiger partial charge in [-0.1, -0.05) is 13.8 Å². The molecule has 10 heavy (non-hydrogen) atoms. The van der Waals surface area contributed by atoms with Crippen molar-refractivity contribution in [3.8, 4) is 0 Å². The van der Waals surface area contributed by atoms with Crippen molar-refractivity contribution in [2.45, 2.75) is 45.6 Å². The van der Waals surface area contributed by atoms with Gasteiger partial charge in [-0.25, -0.2) is 0 Å². The van der Waals surface area contributed by atoms with Crippen LogP contribution in [-0.2, 0) is 0 Å². The largest absolute Gasteiger partial charge is 0.312 e. The molecule has 1 saturated carbocycles. The molecule has 1 unspecified atom stereocenters. The summed E-state index contributed by atoms with van der Waals surface area (Å²) in [5.41, 5.74) is 0.453. The van der Waals surface area contributed by atoms with E-state index >= 15 is 0 Å². The lowest BCUT2D eigenvalue weighted by molar-refractivity contribution is 0.306. The maximum absolute atomic E-state index is 3.57. The van der Waals surface area contributed by atoms with Gasteiger partial charge in [0.15, 0.2) is 0 Å². The summed E-state index contributed by atoms with van der Waals surface area (Å²) < 4.78 is 0. The lowest BCUT2D eigenvalue weighted by Gasteiger charge is -2.29. The maximum Gasteiger partial charge on any atom is 0.0178 e. The van der Waals surface area contributed by atoms with E-state index in [1.54, 1.807) is 0 Å². The molecule has 1 heteroatoms. The molecule has 0 bridgehead atoms. The summed E-state index contributed by atoms with van der Waals surface area (Å²) in [6.07, 6.45) is 4.15. The Morgan fingerprint density at radius 2 is 2.00 bits per heavy atom. The smallest absolute Gasteiger partial charge is 0.0178 e. The van der Waals surface area contributed by atoms with Gasteiger partial charge in [0, 0.05) is 5.54 Å². The zero-order valence-electron chi connectivity index (χ0n) is 7.41. The van der Waals surface area contributed by atoms with E-state index in [1.165, 1.54) is 19.3 Å². The fourth-order valence-corrected chi connectivity index (χ4v) is 1.68. The summed E-state index contributed by atoms with van der Waals surface area (Å²) in [6, 6.07) is 0. The normalized spacial score (nSPS) is 24.3. The second kappa shape index (κ2) is 2.91. The molecular formula is C9H19N. The molecule has 0 spiro atoms. The minimum absolute atomic E-state index is 0.453. The lowest BCUT2D eigenvalue weighted by atomic mass is 9.93. The van der Waals surface area contributed by atoms with E-state index in [4.69, 9.17) is 0 Å². The summed E-state index contributed by atoms with van der Waals surface area (Å²) in [5.74, 6) is 0.970. The Labute approximate surface area is 64.2 Å². The third-order valence-corrected chi connectivity index (χ3v) is 2.79. The Hall–Kier alpha value is -0.0400. The van der Waals surface area contributed by atoms with Crippen molar-refractivity contribution in [1.29, 1.82) is 0 Å². The van der Waals surface area contributed by atoms with Crippen molar-refractivity contribution in [3.63, 3.8) is 0 Å². The van der Waals surface area contributed by atoms with Crippen molar-refractivity contribution in [1.82, 2.24) is 5.32 Å². The first-order chi connectivity index (χ1) is 4.73. The van der Waals surface area contributed by atoms with Gasteiger partial charge in [0.1, 0.15) is 0 Å². The summed E-state index contributed by atoms with van der Waals surface area (Å²) >= 11 is 0. The third kappa shape index (κ3) is 1.51. The molecule has 0 saturated heterocycles. The van der Waals surface area contributed by atoms with Crippen molar-refractivity contribution in [3.05, 3.63) is 0 Å². The van der Waals surface area contributed by atoms with E-state index < -0.39 is 0 Å². The van der Waals surface area contributed by atoms with Gasteiger partial charge in [-0.15, -0.1) is 0 Å². The minimum atomic E-state index is 0.453. The average molecular weight is 141 g/mol. The first-order valence-electron chi connectivity index (χ1n) is 4.48. The van der Waals surface area contributed by atoms with Crippen LogP contribution in [0.25, 0.3) is 0 Å². The van der Waals surface area contributed by atoms with E-state index in [0.717, 1.165) is 12.5 Å². The molecular weight excluding hydrogens is 122 g/mol. The van der Waals surface area contributed by atoms with Crippen LogP contribution in [0.1, 0.15) is 40.0 Å². The van der Waals surface area contributed by atoms with Gasteiger partial charge in [0.2, 0.25) is 0 Å². The zero-order valence-corrected chi connectivity index (χ0v) is 7.41. The molecule has 1 aliphatic carbocycles. The van der Waals surface area contributed by atoms with Crippen LogP contribution in [-0.4, -0.2) is 12.1 Å². The van der Waals surface area contributed by atoms with Crippen LogP contribution in [0.4, 0.5) is 0 Å². The highest BCUT2D eigenvalue weighted by atomic mass is 15.0. The molecule has 1 aliphatic rings. The second-order valence-electron chi connectivity index (χ2n) is 3.58. The summed E-state index contributed by atoms with van der Waals surface area (Å²) in [5, 5.41) is 3.57. The SMILES string of the molecule is CCNC(C)(CC)C1CC1. The second-order valence-corrected chi connectivity index (χ2v) is 3.58. The number of hydrogen-bond acceptors (Lipinski definition) is 1. The van der Waals surface area contributed by atoms with Crippen molar-refractivity contribution < 1.29 is 0 Å². The molecule has 0 aliphatic heterocycles. The van der Waals surface area contributed by atoms with Crippen molar-refractivity contribution in [2.75, 3.05) is 6.54 Å². The summed E-state index contributed by atoms with van der Waals surface area (Å²) in [6.45, 7) is 7.94. The fraction of sp³-hybridized carbons (Fsp3) is 1.00. The monoisotopic (exact) mass is 141 g/mol. The predicted octanol–water partition coefficient (Wildman–Crippen LogP) is 2.17. The maximum atomic E-state index is 3.57. The first kappa shape index (κ1) is 8.06. The Bertz CT molecular complexity index is 107. The molecule has 0 aromatic rings. The molecule has 0 aromatic carbocycles. The Morgan fingerprint density at radius 1 is 1.40 bits per heavy atom. The Kier molecular flexibility index (Phi) is 2.35. The molecule has 1 N–H and O–H groups in total. The van der Waals surface area contributed by atoms with Crippen molar-refractivity contribution >= 4 is 0 Å². The van der Waals surface area contributed by atoms with E-state index in [0.29, 0.717) is 5.54 Å². The van der Waals surface area contributed by atoms with Gasteiger partial charge in [0.25, 0.3) is 0 Å². The van der Waals surface area contributed by atoms with Crippen LogP contribution >= 0.6 is 0 Å². The van der Waals surface area contributed by atoms with E-state index in [1.807, 2.05) is 0 Å². The summed E-state index contributed by atoms with van der Waals surface area (Å²) in [7, 11) is 0. The number of rotatable bonds is 4. The molecule has 60 valence electrons. The molecule has 0 heterocycles. The van der Waals surface area contributed by atoms with Crippen LogP contribution in [0.2, 0.25) is 0 Å². The van der Waals surface area contributed by atoms with Gasteiger partial charge in [-0.2, -0.15) is 0 Å². The molecule has 1 rings (SSSR count). The van der Waals surface area contributed by atoms with Gasteiger partial charge >= 0.3 is 0 Å². The standard InChI is InChI=1S/C9H19N/c1-4-9(3,10-5-2)8-6-7-8/h8,10H,4-7H2,1-3H3. The van der Waals surface area contributed by atoms with E-state index in [-0.39, 0.29) is 0 Å². The number of hydrogen-bond donors (Lipinski definition) is 1. The predicted molar refractivity (Wildman–Crippen MR) is 45.1 cm³/mol. The highest BCUT2D eigenvalue weighted by Crippen LogP contribution is 2.40. The van der Waals surface area contributed by atoms with E-state index in [9.17, 15) is 0 Å². The zero-order chi connectivity index (χ0) is 7.61. The van der Waals surface area contributed by atoms with Gasteiger partial charge in [-0.05, 0) is 38.6 Å². The fourth-order valence-electron chi connectivity index (χ4n) is 1.68. The molecule has 0 radical (unpaired) electrons. The Balaban J connectivity index is 2.39. The first-order valence-corrected chi connectivity index (χ1v) is 4.48. The highest BCUT2D eigenvalue weighted by Gasteiger charge is 2.38. The van der Waals surface area contributed by atoms with Gasteiger partial charge in [-0.3, -0.25) is 0 Å². The summed E-state index contributed by atoms with van der Waals surface area (Å²) in [4.78, 5) is 0. The van der Waals surface area contributed by atoms with Crippen LogP contribution in [0.3, 0.4) is 0 Å². The molecule has 0 amide bonds. The van der Waals surface area contributed by atoms with Gasteiger partial charge < -0.3 is 5.32 Å². The van der Waals surface area contributed by atoms with E-state index in [2.05, 4.69) is 26.1 Å². The van der Waals surface area contributed by atoms with Crippen LogP contribution in [0.15, 0.2) is 0 Å². The molecule has 1 fully saturated rings. The highest BCUT2D eigenvalue weighted by molar-refractivity contribution is 4.96. The topological polar surface area (TPSA) is 12.0 Å². The van der Waals surface area contributed by atoms with Gasteiger partial charge in [0.05, 0.1) is 0 Å². The molecule has 1 atom stereocenters.